The number of anilines is 1. The molecule has 3 rings (SSSR count). The Labute approximate surface area is 137 Å². The zero-order chi connectivity index (χ0) is 15.1. The van der Waals surface area contributed by atoms with E-state index in [4.69, 9.17) is 17.3 Å². The maximum absolute atomic E-state index is 12.8. The Morgan fingerprint density at radius 2 is 2.00 bits per heavy atom. The maximum atomic E-state index is 12.8. The van der Waals surface area contributed by atoms with Gasteiger partial charge < -0.3 is 10.6 Å². The smallest absolute Gasteiger partial charge is 0.266 e. The van der Waals surface area contributed by atoms with Gasteiger partial charge in [0.15, 0.2) is 0 Å². The first-order chi connectivity index (χ1) is 9.97. The molecule has 2 atom stereocenters. The fraction of sp³-hybridized carbons (Fsp3) is 0.400. The van der Waals surface area contributed by atoms with E-state index in [-0.39, 0.29) is 5.91 Å². The minimum Gasteiger partial charge on any atom is -0.397 e. The van der Waals surface area contributed by atoms with Crippen LogP contribution in [0.3, 0.4) is 0 Å². The topological polar surface area (TPSA) is 46.3 Å². The van der Waals surface area contributed by atoms with Crippen LogP contribution in [0.4, 0.5) is 5.69 Å². The van der Waals surface area contributed by atoms with Crippen LogP contribution in [0.5, 0.6) is 0 Å². The van der Waals surface area contributed by atoms with Gasteiger partial charge >= 0.3 is 0 Å². The maximum Gasteiger partial charge on any atom is 0.266 e. The van der Waals surface area contributed by atoms with Gasteiger partial charge in [0.2, 0.25) is 0 Å². The minimum atomic E-state index is 0.0313. The first-order valence-corrected chi connectivity index (χ1v) is 9.02. The number of nitrogen functional groups attached to an aromatic ring is 1. The predicted molar refractivity (Wildman–Crippen MR) is 93.7 cm³/mol. The van der Waals surface area contributed by atoms with E-state index >= 15 is 0 Å². The van der Waals surface area contributed by atoms with Crippen molar-refractivity contribution in [2.75, 3.05) is 18.8 Å². The fourth-order valence-corrected chi connectivity index (χ4v) is 5.55. The summed E-state index contributed by atoms with van der Waals surface area (Å²) in [7, 11) is 0. The van der Waals surface area contributed by atoms with Gasteiger partial charge in [-0.2, -0.15) is 11.8 Å². The van der Waals surface area contributed by atoms with Gasteiger partial charge in [-0.1, -0.05) is 31.5 Å². The minimum absolute atomic E-state index is 0.0313. The number of nitrogens with two attached hydrogens (primary N) is 1. The highest BCUT2D eigenvalue weighted by atomic mass is 35.5. The lowest BCUT2D eigenvalue weighted by molar-refractivity contribution is 0.0759. The molecule has 1 amide bonds. The van der Waals surface area contributed by atoms with Crippen LogP contribution < -0.4 is 5.73 Å². The first-order valence-electron chi connectivity index (χ1n) is 6.88. The quantitative estimate of drug-likeness (QED) is 0.850. The lowest BCUT2D eigenvalue weighted by Crippen LogP contribution is -2.43. The predicted octanol–water partition coefficient (Wildman–Crippen LogP) is 4.10. The Morgan fingerprint density at radius 3 is 2.62 bits per heavy atom. The molecule has 1 aromatic carbocycles. The normalized spacial score (nSPS) is 22.7. The molecule has 2 N–H and O–H groups in total. The summed E-state index contributed by atoms with van der Waals surface area (Å²) in [6.45, 7) is 5.86. The second kappa shape index (κ2) is 5.71. The molecule has 0 radical (unpaired) electrons. The molecule has 1 aromatic heterocycles. The summed E-state index contributed by atoms with van der Waals surface area (Å²) in [4.78, 5) is 15.3. The number of thioether (sulfide) groups is 1. The van der Waals surface area contributed by atoms with Crippen molar-refractivity contribution >= 4 is 56.4 Å². The van der Waals surface area contributed by atoms with E-state index in [1.807, 2.05) is 34.9 Å². The van der Waals surface area contributed by atoms with Crippen LogP contribution in [0.25, 0.3) is 10.1 Å². The molecular weight excluding hydrogens is 324 g/mol. The second-order valence-corrected chi connectivity index (χ2v) is 8.77. The first kappa shape index (κ1) is 15.0. The average molecular weight is 341 g/mol. The third-order valence-corrected chi connectivity index (χ3v) is 6.30. The van der Waals surface area contributed by atoms with Gasteiger partial charge in [0, 0.05) is 33.7 Å². The van der Waals surface area contributed by atoms with Crippen LogP contribution in [0.1, 0.15) is 23.5 Å². The zero-order valence-corrected chi connectivity index (χ0v) is 14.3. The molecule has 2 aromatic rings. The molecule has 2 unspecified atom stereocenters. The molecule has 112 valence electrons. The third kappa shape index (κ3) is 2.74. The number of thiophene rings is 1. The van der Waals surface area contributed by atoms with Crippen LogP contribution in [-0.4, -0.2) is 34.4 Å². The molecule has 0 bridgehead atoms. The zero-order valence-electron chi connectivity index (χ0n) is 11.9. The monoisotopic (exact) mass is 340 g/mol. The summed E-state index contributed by atoms with van der Waals surface area (Å²) in [6.07, 6.45) is 0. The van der Waals surface area contributed by atoms with Crippen molar-refractivity contribution in [2.24, 2.45) is 0 Å². The molecule has 21 heavy (non-hydrogen) atoms. The molecule has 1 aliphatic heterocycles. The van der Waals surface area contributed by atoms with Crippen molar-refractivity contribution in [3.05, 3.63) is 28.1 Å². The van der Waals surface area contributed by atoms with Crippen molar-refractivity contribution in [1.29, 1.82) is 0 Å². The van der Waals surface area contributed by atoms with E-state index < -0.39 is 0 Å². The lowest BCUT2D eigenvalue weighted by atomic mass is 10.2. The number of halogens is 1. The van der Waals surface area contributed by atoms with E-state index in [1.54, 1.807) is 0 Å². The van der Waals surface area contributed by atoms with Gasteiger partial charge in [0.25, 0.3) is 5.91 Å². The Balaban J connectivity index is 1.98. The van der Waals surface area contributed by atoms with E-state index in [1.165, 1.54) is 11.3 Å². The molecule has 6 heteroatoms. The fourth-order valence-electron chi connectivity index (χ4n) is 2.78. The number of nitrogens with zero attached hydrogens (tertiary/aromatic N) is 1. The van der Waals surface area contributed by atoms with Crippen molar-refractivity contribution < 1.29 is 4.79 Å². The Hall–Kier alpha value is -0.910. The van der Waals surface area contributed by atoms with Gasteiger partial charge in [0.05, 0.1) is 10.7 Å². The second-order valence-electron chi connectivity index (χ2n) is 5.43. The Bertz CT molecular complexity index is 690. The molecule has 1 saturated heterocycles. The van der Waals surface area contributed by atoms with Crippen LogP contribution in [-0.2, 0) is 0 Å². The summed E-state index contributed by atoms with van der Waals surface area (Å²) >= 11 is 9.57. The van der Waals surface area contributed by atoms with E-state index in [9.17, 15) is 4.79 Å². The highest BCUT2D eigenvalue weighted by molar-refractivity contribution is 8.00. The number of fused-ring (bicyclic) bond motifs is 1. The van der Waals surface area contributed by atoms with Crippen molar-refractivity contribution in [3.8, 4) is 0 Å². The SMILES string of the molecule is CC1CN(C(=O)c2sc3cccc(Cl)c3c2N)CC(C)S1. The van der Waals surface area contributed by atoms with Crippen LogP contribution in [0, 0.1) is 0 Å². The van der Waals surface area contributed by atoms with Gasteiger partial charge in [0.1, 0.15) is 4.88 Å². The largest absolute Gasteiger partial charge is 0.397 e. The number of carbonyl (C=O) groups is 1. The molecule has 1 aliphatic rings. The highest BCUT2D eigenvalue weighted by Crippen LogP contribution is 2.39. The van der Waals surface area contributed by atoms with Crippen LogP contribution in [0.15, 0.2) is 18.2 Å². The average Bonchev–Trinajstić information content (AvgIpc) is 2.75. The summed E-state index contributed by atoms with van der Waals surface area (Å²) in [5.74, 6) is 0.0313. The van der Waals surface area contributed by atoms with Crippen molar-refractivity contribution in [1.82, 2.24) is 4.90 Å². The van der Waals surface area contributed by atoms with Gasteiger partial charge in [-0.25, -0.2) is 0 Å². The third-order valence-electron chi connectivity index (χ3n) is 3.60. The number of amides is 1. The number of hydrogen-bond donors (Lipinski definition) is 1. The molecule has 3 nitrogen and oxygen atoms in total. The molecule has 0 aliphatic carbocycles. The molecule has 1 fully saturated rings. The number of benzene rings is 1. The summed E-state index contributed by atoms with van der Waals surface area (Å²) in [5.41, 5.74) is 6.71. The standard InChI is InChI=1S/C15H17ClN2OS2/c1-8-6-18(7-9(2)20-8)15(19)14-13(17)12-10(16)4-3-5-11(12)21-14/h3-5,8-9H,6-7,17H2,1-2H3. The molecule has 0 spiro atoms. The van der Waals surface area contributed by atoms with E-state index in [0.29, 0.717) is 26.1 Å². The van der Waals surface area contributed by atoms with Gasteiger partial charge in [-0.3, -0.25) is 4.79 Å². The van der Waals surface area contributed by atoms with Gasteiger partial charge in [-0.15, -0.1) is 11.3 Å². The van der Waals surface area contributed by atoms with Crippen LogP contribution in [0.2, 0.25) is 5.02 Å². The van der Waals surface area contributed by atoms with Crippen LogP contribution >= 0.6 is 34.7 Å². The Kier molecular flexibility index (Phi) is 4.08. The molecule has 0 saturated carbocycles. The number of carbonyl (C=O) groups excluding carboxylic acids is 1. The Morgan fingerprint density at radius 1 is 1.33 bits per heavy atom. The van der Waals surface area contributed by atoms with E-state index in [2.05, 4.69) is 13.8 Å². The van der Waals surface area contributed by atoms with Gasteiger partial charge in [-0.05, 0) is 12.1 Å². The van der Waals surface area contributed by atoms with Crippen molar-refractivity contribution in [2.45, 2.75) is 24.3 Å². The highest BCUT2D eigenvalue weighted by Gasteiger charge is 2.29. The lowest BCUT2D eigenvalue weighted by Gasteiger charge is -2.34. The molecular formula is C15H17ClN2OS2. The summed E-state index contributed by atoms with van der Waals surface area (Å²) < 4.78 is 0.968. The van der Waals surface area contributed by atoms with Crippen molar-refractivity contribution in [3.63, 3.8) is 0 Å². The summed E-state index contributed by atoms with van der Waals surface area (Å²) in [5, 5.41) is 2.32. The number of rotatable bonds is 1. The molecule has 2 heterocycles. The van der Waals surface area contributed by atoms with E-state index in [0.717, 1.165) is 23.2 Å². The number of hydrogen-bond acceptors (Lipinski definition) is 4. The summed E-state index contributed by atoms with van der Waals surface area (Å²) in [6, 6.07) is 5.65.